The molecule has 1 aliphatic rings. The van der Waals surface area contributed by atoms with Crippen LogP contribution >= 0.6 is 34.7 Å². The van der Waals surface area contributed by atoms with Crippen molar-refractivity contribution in [3.05, 3.63) is 51.2 Å². The van der Waals surface area contributed by atoms with Crippen molar-refractivity contribution in [1.82, 2.24) is 5.32 Å². The highest BCUT2D eigenvalue weighted by molar-refractivity contribution is 7.98. The summed E-state index contributed by atoms with van der Waals surface area (Å²) < 4.78 is 5.67. The Labute approximate surface area is 149 Å². The van der Waals surface area contributed by atoms with Gasteiger partial charge in [-0.05, 0) is 41.6 Å². The third kappa shape index (κ3) is 4.66. The Morgan fingerprint density at radius 3 is 3.17 bits per heavy atom. The van der Waals surface area contributed by atoms with Crippen molar-refractivity contribution >= 4 is 40.6 Å². The van der Waals surface area contributed by atoms with Gasteiger partial charge in [0.1, 0.15) is 12.4 Å². The number of benzene rings is 1. The molecule has 1 aliphatic heterocycles. The first kappa shape index (κ1) is 16.7. The molecule has 0 saturated carbocycles. The van der Waals surface area contributed by atoms with E-state index in [-0.39, 0.29) is 11.8 Å². The molecular formula is C17H18ClNO2S2. The SMILES string of the molecule is O=C(NCCSCc1cccs1)[C@@H]1COc2ccc(Cl)cc2C1. The lowest BCUT2D eigenvalue weighted by molar-refractivity contribution is -0.126. The van der Waals surface area contributed by atoms with E-state index in [1.54, 1.807) is 11.3 Å². The fourth-order valence-electron chi connectivity index (χ4n) is 2.49. The minimum Gasteiger partial charge on any atom is -0.492 e. The molecule has 2 heterocycles. The van der Waals surface area contributed by atoms with Crippen LogP contribution in [0, 0.1) is 5.92 Å². The number of nitrogens with one attached hydrogen (secondary N) is 1. The number of rotatable bonds is 6. The lowest BCUT2D eigenvalue weighted by atomic mass is 9.96. The van der Waals surface area contributed by atoms with Crippen molar-refractivity contribution in [3.8, 4) is 5.75 Å². The molecule has 6 heteroatoms. The van der Waals surface area contributed by atoms with E-state index >= 15 is 0 Å². The summed E-state index contributed by atoms with van der Waals surface area (Å²) in [5.41, 5.74) is 1.01. The number of hydrogen-bond donors (Lipinski definition) is 1. The van der Waals surface area contributed by atoms with Gasteiger partial charge in [-0.25, -0.2) is 0 Å². The van der Waals surface area contributed by atoms with Gasteiger partial charge in [0, 0.05) is 28.0 Å². The maximum Gasteiger partial charge on any atom is 0.226 e. The molecule has 0 aliphatic carbocycles. The molecule has 3 nitrogen and oxygen atoms in total. The number of carbonyl (C=O) groups excluding carboxylic acids is 1. The summed E-state index contributed by atoms with van der Waals surface area (Å²) >= 11 is 9.61. The molecule has 0 unspecified atom stereocenters. The Bertz CT molecular complexity index is 661. The topological polar surface area (TPSA) is 38.3 Å². The lowest BCUT2D eigenvalue weighted by Gasteiger charge is -2.24. The van der Waals surface area contributed by atoms with Gasteiger partial charge in [0.15, 0.2) is 0 Å². The zero-order valence-corrected chi connectivity index (χ0v) is 15.0. The minimum absolute atomic E-state index is 0.0624. The van der Waals surface area contributed by atoms with Gasteiger partial charge < -0.3 is 10.1 Å². The smallest absolute Gasteiger partial charge is 0.226 e. The quantitative estimate of drug-likeness (QED) is 0.784. The molecule has 1 aromatic heterocycles. The van der Waals surface area contributed by atoms with Crippen LogP contribution in [0.2, 0.25) is 5.02 Å². The van der Waals surface area contributed by atoms with Crippen LogP contribution in [-0.2, 0) is 17.0 Å². The number of ether oxygens (including phenoxy) is 1. The number of fused-ring (bicyclic) bond motifs is 1. The van der Waals surface area contributed by atoms with Crippen LogP contribution in [0.1, 0.15) is 10.4 Å². The molecule has 3 rings (SSSR count). The summed E-state index contributed by atoms with van der Waals surface area (Å²) in [5, 5.41) is 5.78. The maximum atomic E-state index is 12.3. The van der Waals surface area contributed by atoms with Gasteiger partial charge in [0.05, 0.1) is 5.92 Å². The number of halogens is 1. The van der Waals surface area contributed by atoms with E-state index in [2.05, 4.69) is 22.8 Å². The van der Waals surface area contributed by atoms with Gasteiger partial charge in [-0.3, -0.25) is 4.79 Å². The third-order valence-electron chi connectivity index (χ3n) is 3.67. The van der Waals surface area contributed by atoms with Crippen LogP contribution in [0.5, 0.6) is 5.75 Å². The van der Waals surface area contributed by atoms with E-state index in [9.17, 15) is 4.79 Å². The summed E-state index contributed by atoms with van der Waals surface area (Å²) in [5.74, 6) is 2.69. The monoisotopic (exact) mass is 367 g/mol. The molecule has 1 amide bonds. The molecule has 1 atom stereocenters. The van der Waals surface area contributed by atoms with E-state index in [4.69, 9.17) is 16.3 Å². The fraction of sp³-hybridized carbons (Fsp3) is 0.353. The first-order chi connectivity index (χ1) is 11.2. The molecule has 122 valence electrons. The normalized spacial score (nSPS) is 16.5. The average Bonchev–Trinajstić information content (AvgIpc) is 3.07. The van der Waals surface area contributed by atoms with Gasteiger partial charge in [0.2, 0.25) is 5.91 Å². The Morgan fingerprint density at radius 2 is 2.35 bits per heavy atom. The molecule has 1 N–H and O–H groups in total. The van der Waals surface area contributed by atoms with Gasteiger partial charge in [-0.2, -0.15) is 11.8 Å². The van der Waals surface area contributed by atoms with E-state index < -0.39 is 0 Å². The molecule has 2 aromatic rings. The Kier molecular flexibility index (Phi) is 5.86. The van der Waals surface area contributed by atoms with Crippen LogP contribution in [0.3, 0.4) is 0 Å². The zero-order chi connectivity index (χ0) is 16.1. The molecule has 0 fully saturated rings. The third-order valence-corrected chi connectivity index (χ3v) is 5.97. The van der Waals surface area contributed by atoms with Crippen LogP contribution in [-0.4, -0.2) is 24.8 Å². The molecular weight excluding hydrogens is 350 g/mol. The van der Waals surface area contributed by atoms with Gasteiger partial charge in [-0.15, -0.1) is 11.3 Å². The zero-order valence-electron chi connectivity index (χ0n) is 12.6. The fourth-order valence-corrected chi connectivity index (χ4v) is 4.38. The highest BCUT2D eigenvalue weighted by Crippen LogP contribution is 2.29. The highest BCUT2D eigenvalue weighted by Gasteiger charge is 2.25. The van der Waals surface area contributed by atoms with Crippen molar-refractivity contribution in [2.24, 2.45) is 5.92 Å². The van der Waals surface area contributed by atoms with Crippen molar-refractivity contribution in [1.29, 1.82) is 0 Å². The summed E-state index contributed by atoms with van der Waals surface area (Å²) in [4.78, 5) is 13.6. The average molecular weight is 368 g/mol. The summed E-state index contributed by atoms with van der Waals surface area (Å²) in [6, 6.07) is 9.76. The molecule has 1 aromatic carbocycles. The van der Waals surface area contributed by atoms with Crippen molar-refractivity contribution < 1.29 is 9.53 Å². The predicted octanol–water partition coefficient (Wildman–Crippen LogP) is 4.00. The Hall–Kier alpha value is -1.17. The summed E-state index contributed by atoms with van der Waals surface area (Å²) in [7, 11) is 0. The number of thiophene rings is 1. The van der Waals surface area contributed by atoms with Gasteiger partial charge in [0.25, 0.3) is 0 Å². The molecule has 0 bridgehead atoms. The number of amides is 1. The number of carbonyl (C=O) groups is 1. The second kappa shape index (κ2) is 8.08. The van der Waals surface area contributed by atoms with Gasteiger partial charge in [-0.1, -0.05) is 17.7 Å². The second-order valence-corrected chi connectivity index (χ2v) is 7.96. The van der Waals surface area contributed by atoms with E-state index in [0.29, 0.717) is 24.6 Å². The van der Waals surface area contributed by atoms with E-state index in [0.717, 1.165) is 22.8 Å². The van der Waals surface area contributed by atoms with Crippen LogP contribution in [0.4, 0.5) is 0 Å². The van der Waals surface area contributed by atoms with E-state index in [1.165, 1.54) is 4.88 Å². The second-order valence-electron chi connectivity index (χ2n) is 5.39. The summed E-state index contributed by atoms with van der Waals surface area (Å²) in [6.45, 7) is 1.12. The summed E-state index contributed by atoms with van der Waals surface area (Å²) in [6.07, 6.45) is 0.685. The first-order valence-corrected chi connectivity index (χ1v) is 9.92. The Balaban J connectivity index is 1.40. The maximum absolute atomic E-state index is 12.3. The standard InChI is InChI=1S/C17H18ClNO2S2/c18-14-3-4-16-12(9-14)8-13(10-21-16)17(20)19-5-7-22-11-15-2-1-6-23-15/h1-4,6,9,13H,5,7-8,10-11H2,(H,19,20)/t13-/m0/s1. The number of thioether (sulfide) groups is 1. The van der Waals surface area contributed by atoms with E-state index in [1.807, 2.05) is 30.0 Å². The number of hydrogen-bond acceptors (Lipinski definition) is 4. The predicted molar refractivity (Wildman–Crippen MR) is 97.6 cm³/mol. The molecule has 0 radical (unpaired) electrons. The van der Waals surface area contributed by atoms with Crippen molar-refractivity contribution in [2.75, 3.05) is 18.9 Å². The Morgan fingerprint density at radius 1 is 1.43 bits per heavy atom. The molecule has 0 spiro atoms. The minimum atomic E-state index is -0.136. The van der Waals surface area contributed by atoms with Crippen LogP contribution in [0.25, 0.3) is 0 Å². The van der Waals surface area contributed by atoms with Crippen LogP contribution < -0.4 is 10.1 Å². The first-order valence-electron chi connectivity index (χ1n) is 7.51. The molecule has 0 saturated heterocycles. The largest absolute Gasteiger partial charge is 0.492 e. The van der Waals surface area contributed by atoms with Crippen LogP contribution in [0.15, 0.2) is 35.7 Å². The van der Waals surface area contributed by atoms with Gasteiger partial charge >= 0.3 is 0 Å². The highest BCUT2D eigenvalue weighted by atomic mass is 35.5. The molecule has 23 heavy (non-hydrogen) atoms. The lowest BCUT2D eigenvalue weighted by Crippen LogP contribution is -2.38. The van der Waals surface area contributed by atoms with Crippen molar-refractivity contribution in [3.63, 3.8) is 0 Å². The van der Waals surface area contributed by atoms with Crippen molar-refractivity contribution in [2.45, 2.75) is 12.2 Å².